The lowest BCUT2D eigenvalue weighted by atomic mass is 9.99. The van der Waals surface area contributed by atoms with E-state index in [0.717, 1.165) is 6.20 Å². The summed E-state index contributed by atoms with van der Waals surface area (Å²) in [5, 5.41) is 2.84. The molecule has 1 amide bonds. The Bertz CT molecular complexity index is 761. The minimum Gasteiger partial charge on any atom is -0.466 e. The number of carbonyl (C=O) groups excluding carboxylic acids is 1. The van der Waals surface area contributed by atoms with Crippen LogP contribution in [-0.4, -0.2) is 22.0 Å². The predicted molar refractivity (Wildman–Crippen MR) is 79.6 cm³/mol. The normalized spacial score (nSPS) is 17.6. The third-order valence-corrected chi connectivity index (χ3v) is 4.22. The molecule has 24 heavy (non-hydrogen) atoms. The molecule has 0 aromatic carbocycles. The van der Waals surface area contributed by atoms with Crippen molar-refractivity contribution in [2.75, 3.05) is 6.54 Å². The Balaban J connectivity index is 1.61. The van der Waals surface area contributed by atoms with E-state index in [2.05, 4.69) is 10.3 Å². The van der Waals surface area contributed by atoms with Crippen molar-refractivity contribution < 1.29 is 22.4 Å². The highest BCUT2D eigenvalue weighted by Crippen LogP contribution is 2.30. The van der Waals surface area contributed by atoms with E-state index in [9.17, 15) is 18.0 Å². The van der Waals surface area contributed by atoms with Crippen LogP contribution < -0.4 is 5.32 Å². The minimum atomic E-state index is -4.43. The van der Waals surface area contributed by atoms with Gasteiger partial charge in [-0.1, -0.05) is 0 Å². The number of alkyl halides is 3. The number of halogens is 3. The van der Waals surface area contributed by atoms with Crippen molar-refractivity contribution in [3.8, 4) is 0 Å². The fourth-order valence-electron chi connectivity index (χ4n) is 3.01. The number of rotatable bonds is 3. The number of aromatic nitrogens is 2. The van der Waals surface area contributed by atoms with E-state index in [1.54, 1.807) is 19.9 Å². The SMILES string of the molecule is Cc1cc(C(=O)NCC2CCc3nc(C(F)(F)F)cn3C2)c(C)o1. The number of imidazole rings is 1. The highest BCUT2D eigenvalue weighted by atomic mass is 19.4. The first-order chi connectivity index (χ1) is 11.2. The molecule has 130 valence electrons. The highest BCUT2D eigenvalue weighted by molar-refractivity contribution is 5.95. The molecule has 2 aromatic heterocycles. The minimum absolute atomic E-state index is 0.0741. The van der Waals surface area contributed by atoms with E-state index in [1.807, 2.05) is 0 Å². The maximum absolute atomic E-state index is 12.7. The van der Waals surface area contributed by atoms with Gasteiger partial charge in [-0.2, -0.15) is 13.2 Å². The molecule has 1 N–H and O–H groups in total. The van der Waals surface area contributed by atoms with Gasteiger partial charge in [-0.05, 0) is 32.3 Å². The molecule has 1 unspecified atom stereocenters. The lowest BCUT2D eigenvalue weighted by Crippen LogP contribution is -2.33. The zero-order valence-corrected chi connectivity index (χ0v) is 13.4. The van der Waals surface area contributed by atoms with Crippen LogP contribution in [0, 0.1) is 19.8 Å². The Morgan fingerprint density at radius 2 is 2.21 bits per heavy atom. The van der Waals surface area contributed by atoms with Crippen LogP contribution in [0.1, 0.15) is 39.8 Å². The van der Waals surface area contributed by atoms with E-state index >= 15 is 0 Å². The van der Waals surface area contributed by atoms with Crippen molar-refractivity contribution in [1.29, 1.82) is 0 Å². The summed E-state index contributed by atoms with van der Waals surface area (Å²) in [6.07, 6.45) is -2.21. The van der Waals surface area contributed by atoms with Crippen LogP contribution in [0.15, 0.2) is 16.7 Å². The number of nitrogens with zero attached hydrogens (tertiary/aromatic N) is 2. The summed E-state index contributed by atoms with van der Waals surface area (Å²) in [4.78, 5) is 15.8. The van der Waals surface area contributed by atoms with E-state index in [1.165, 1.54) is 4.57 Å². The van der Waals surface area contributed by atoms with Gasteiger partial charge in [0, 0.05) is 25.7 Å². The Morgan fingerprint density at radius 3 is 2.83 bits per heavy atom. The van der Waals surface area contributed by atoms with Crippen LogP contribution in [0.2, 0.25) is 0 Å². The fraction of sp³-hybridized carbons (Fsp3) is 0.500. The zero-order chi connectivity index (χ0) is 17.5. The van der Waals surface area contributed by atoms with Crippen molar-refractivity contribution in [1.82, 2.24) is 14.9 Å². The van der Waals surface area contributed by atoms with Gasteiger partial charge in [0.2, 0.25) is 0 Å². The van der Waals surface area contributed by atoms with Gasteiger partial charge in [0.05, 0.1) is 5.56 Å². The van der Waals surface area contributed by atoms with Crippen molar-refractivity contribution in [3.05, 3.63) is 40.9 Å². The molecular formula is C16H18F3N3O2. The van der Waals surface area contributed by atoms with Crippen LogP contribution in [-0.2, 0) is 19.1 Å². The molecule has 0 radical (unpaired) electrons. The van der Waals surface area contributed by atoms with Crippen molar-refractivity contribution >= 4 is 5.91 Å². The molecule has 1 aliphatic rings. The summed E-state index contributed by atoms with van der Waals surface area (Å²) in [5.74, 6) is 1.52. The monoisotopic (exact) mass is 341 g/mol. The molecule has 0 aliphatic carbocycles. The maximum atomic E-state index is 12.7. The van der Waals surface area contributed by atoms with Crippen LogP contribution in [0.3, 0.4) is 0 Å². The molecule has 2 aromatic rings. The standard InChI is InChI=1S/C16H18F3N3O2/c1-9-5-12(10(2)24-9)15(23)20-6-11-3-4-14-21-13(16(17,18)19)8-22(14)7-11/h5,8,11H,3-4,6-7H2,1-2H3,(H,20,23). The summed E-state index contributed by atoms with van der Waals surface area (Å²) in [5.41, 5.74) is -0.363. The van der Waals surface area contributed by atoms with Gasteiger partial charge in [-0.25, -0.2) is 4.98 Å². The summed E-state index contributed by atoms with van der Waals surface area (Å²) in [7, 11) is 0. The van der Waals surface area contributed by atoms with Gasteiger partial charge < -0.3 is 14.3 Å². The number of nitrogens with one attached hydrogen (secondary N) is 1. The average molecular weight is 341 g/mol. The Labute approximate surface area is 136 Å². The van der Waals surface area contributed by atoms with Gasteiger partial charge in [0.25, 0.3) is 5.91 Å². The molecule has 3 heterocycles. The van der Waals surface area contributed by atoms with Crippen LogP contribution in [0.25, 0.3) is 0 Å². The number of aryl methyl sites for hydroxylation is 3. The number of amides is 1. The van der Waals surface area contributed by atoms with E-state index in [4.69, 9.17) is 4.42 Å². The second-order valence-corrected chi connectivity index (χ2v) is 6.13. The van der Waals surface area contributed by atoms with Crippen molar-refractivity contribution in [2.45, 2.75) is 39.4 Å². The Morgan fingerprint density at radius 1 is 1.46 bits per heavy atom. The molecule has 1 aliphatic heterocycles. The molecule has 3 rings (SSSR count). The topological polar surface area (TPSA) is 60.1 Å². The molecule has 5 nitrogen and oxygen atoms in total. The quantitative estimate of drug-likeness (QED) is 0.933. The summed E-state index contributed by atoms with van der Waals surface area (Å²) in [6, 6.07) is 1.68. The number of hydrogen-bond donors (Lipinski definition) is 1. The number of carbonyl (C=O) groups is 1. The Kier molecular flexibility index (Phi) is 4.15. The first-order valence-corrected chi connectivity index (χ1v) is 7.72. The van der Waals surface area contributed by atoms with Crippen LogP contribution in [0.4, 0.5) is 13.2 Å². The maximum Gasteiger partial charge on any atom is 0.434 e. The van der Waals surface area contributed by atoms with Crippen LogP contribution >= 0.6 is 0 Å². The van der Waals surface area contributed by atoms with Gasteiger partial charge in [0.1, 0.15) is 17.3 Å². The first-order valence-electron chi connectivity index (χ1n) is 7.72. The van der Waals surface area contributed by atoms with Gasteiger partial charge in [-0.3, -0.25) is 4.79 Å². The molecular weight excluding hydrogens is 323 g/mol. The Hall–Kier alpha value is -2.25. The lowest BCUT2D eigenvalue weighted by Gasteiger charge is -2.23. The molecule has 8 heteroatoms. The second-order valence-electron chi connectivity index (χ2n) is 6.13. The van der Waals surface area contributed by atoms with Crippen LogP contribution in [0.5, 0.6) is 0 Å². The summed E-state index contributed by atoms with van der Waals surface area (Å²) >= 11 is 0. The van der Waals surface area contributed by atoms with Gasteiger partial charge >= 0.3 is 6.18 Å². The lowest BCUT2D eigenvalue weighted by molar-refractivity contribution is -0.141. The van der Waals surface area contributed by atoms with Crippen molar-refractivity contribution in [2.24, 2.45) is 5.92 Å². The largest absolute Gasteiger partial charge is 0.466 e. The smallest absolute Gasteiger partial charge is 0.434 e. The third-order valence-electron chi connectivity index (χ3n) is 4.22. The fourth-order valence-corrected chi connectivity index (χ4v) is 3.01. The van der Waals surface area contributed by atoms with Crippen molar-refractivity contribution in [3.63, 3.8) is 0 Å². The molecule has 0 fully saturated rings. The molecule has 0 bridgehead atoms. The predicted octanol–water partition coefficient (Wildman–Crippen LogP) is 3.10. The average Bonchev–Trinajstić information content (AvgIpc) is 3.06. The summed E-state index contributed by atoms with van der Waals surface area (Å²) in [6.45, 7) is 4.31. The second kappa shape index (κ2) is 5.99. The van der Waals surface area contributed by atoms with E-state index < -0.39 is 11.9 Å². The zero-order valence-electron chi connectivity index (χ0n) is 13.4. The molecule has 0 spiro atoms. The first kappa shape index (κ1) is 16.6. The molecule has 0 saturated heterocycles. The highest BCUT2D eigenvalue weighted by Gasteiger charge is 2.35. The van der Waals surface area contributed by atoms with Gasteiger partial charge in [0.15, 0.2) is 5.69 Å². The molecule has 1 atom stereocenters. The third kappa shape index (κ3) is 3.32. The number of fused-ring (bicyclic) bond motifs is 1. The summed E-state index contributed by atoms with van der Waals surface area (Å²) < 4.78 is 45.0. The van der Waals surface area contributed by atoms with Gasteiger partial charge in [-0.15, -0.1) is 0 Å². The van der Waals surface area contributed by atoms with E-state index in [-0.39, 0.29) is 11.8 Å². The number of hydrogen-bond acceptors (Lipinski definition) is 3. The number of furan rings is 1. The van der Waals surface area contributed by atoms with E-state index in [0.29, 0.717) is 48.8 Å². The molecule has 0 saturated carbocycles.